The summed E-state index contributed by atoms with van der Waals surface area (Å²) in [4.78, 5) is 13.9. The maximum absolute atomic E-state index is 11.4. The van der Waals surface area contributed by atoms with E-state index in [-0.39, 0.29) is 12.6 Å². The van der Waals surface area contributed by atoms with Gasteiger partial charge in [-0.1, -0.05) is 32.6 Å². The molecule has 1 aromatic rings. The van der Waals surface area contributed by atoms with Crippen LogP contribution < -0.4 is 9.64 Å². The van der Waals surface area contributed by atoms with E-state index in [0.29, 0.717) is 6.61 Å². The molecule has 0 spiro atoms. The van der Waals surface area contributed by atoms with Crippen molar-refractivity contribution in [2.45, 2.75) is 58.8 Å². The zero-order valence-corrected chi connectivity index (χ0v) is 15.2. The first-order valence-electron chi connectivity index (χ1n) is 9.41. The van der Waals surface area contributed by atoms with Crippen molar-refractivity contribution in [1.29, 1.82) is 0 Å². The molecule has 0 unspecified atom stereocenters. The van der Waals surface area contributed by atoms with E-state index in [9.17, 15) is 4.79 Å². The van der Waals surface area contributed by atoms with Crippen molar-refractivity contribution in [2.24, 2.45) is 0 Å². The van der Waals surface area contributed by atoms with E-state index in [1.807, 2.05) is 6.07 Å². The highest BCUT2D eigenvalue weighted by Crippen LogP contribution is 2.30. The molecule has 0 N–H and O–H groups in total. The number of aryl methyl sites for hydroxylation is 1. The van der Waals surface area contributed by atoms with Crippen LogP contribution in [0.1, 0.15) is 57.9 Å². The van der Waals surface area contributed by atoms with Crippen LogP contribution in [0.25, 0.3) is 0 Å². The third-order valence-corrected chi connectivity index (χ3v) is 4.46. The van der Waals surface area contributed by atoms with E-state index in [2.05, 4.69) is 24.0 Å². The Morgan fingerprint density at radius 3 is 2.79 bits per heavy atom. The number of ether oxygens (including phenoxy) is 2. The molecule has 0 bridgehead atoms. The predicted molar refractivity (Wildman–Crippen MR) is 97.9 cm³/mol. The Hall–Kier alpha value is -1.71. The number of carbonyl (C=O) groups excluding carboxylic acids is 1. The molecule has 1 heterocycles. The van der Waals surface area contributed by atoms with Crippen molar-refractivity contribution < 1.29 is 14.3 Å². The van der Waals surface area contributed by atoms with Gasteiger partial charge in [0, 0.05) is 18.8 Å². The second kappa shape index (κ2) is 10.2. The van der Waals surface area contributed by atoms with Gasteiger partial charge in [0.2, 0.25) is 0 Å². The lowest BCUT2D eigenvalue weighted by Crippen LogP contribution is -2.30. The number of unbranched alkanes of at least 4 members (excludes halogenated alkanes) is 4. The van der Waals surface area contributed by atoms with Gasteiger partial charge in [-0.3, -0.25) is 0 Å². The molecule has 0 fully saturated rings. The van der Waals surface area contributed by atoms with Crippen LogP contribution in [0, 0.1) is 0 Å². The van der Waals surface area contributed by atoms with Crippen LogP contribution in [-0.4, -0.2) is 32.3 Å². The largest absolute Gasteiger partial charge is 0.482 e. The SMILES string of the molecule is CCCCCCCN1CCCc2cc(OCC(=O)OCC)ccc21. The number of hydrogen-bond donors (Lipinski definition) is 0. The lowest BCUT2D eigenvalue weighted by Gasteiger charge is -2.31. The molecule has 4 heteroatoms. The van der Waals surface area contributed by atoms with Crippen LogP contribution in [-0.2, 0) is 16.0 Å². The molecule has 1 aliphatic rings. The first-order chi connectivity index (χ1) is 11.7. The highest BCUT2D eigenvalue weighted by Gasteiger charge is 2.17. The van der Waals surface area contributed by atoms with Crippen LogP contribution in [0.3, 0.4) is 0 Å². The van der Waals surface area contributed by atoms with E-state index >= 15 is 0 Å². The smallest absolute Gasteiger partial charge is 0.344 e. The van der Waals surface area contributed by atoms with Crippen LogP contribution in [0.4, 0.5) is 5.69 Å². The van der Waals surface area contributed by atoms with E-state index < -0.39 is 0 Å². The van der Waals surface area contributed by atoms with Gasteiger partial charge in [-0.25, -0.2) is 4.79 Å². The second-order valence-corrected chi connectivity index (χ2v) is 6.39. The minimum Gasteiger partial charge on any atom is -0.482 e. The molecule has 24 heavy (non-hydrogen) atoms. The summed E-state index contributed by atoms with van der Waals surface area (Å²) in [7, 11) is 0. The Kier molecular flexibility index (Phi) is 7.93. The molecule has 0 saturated carbocycles. The second-order valence-electron chi connectivity index (χ2n) is 6.39. The third kappa shape index (κ3) is 5.73. The summed E-state index contributed by atoms with van der Waals surface area (Å²) < 4.78 is 10.4. The van der Waals surface area contributed by atoms with E-state index in [1.54, 1.807) is 6.92 Å². The van der Waals surface area contributed by atoms with Crippen molar-refractivity contribution in [3.63, 3.8) is 0 Å². The molecule has 134 valence electrons. The molecule has 1 aromatic carbocycles. The maximum atomic E-state index is 11.4. The van der Waals surface area contributed by atoms with Gasteiger partial charge in [-0.05, 0) is 49.9 Å². The summed E-state index contributed by atoms with van der Waals surface area (Å²) in [6, 6.07) is 6.19. The highest BCUT2D eigenvalue weighted by atomic mass is 16.6. The molecule has 2 rings (SSSR count). The minimum atomic E-state index is -0.316. The molecule has 0 aromatic heterocycles. The van der Waals surface area contributed by atoms with Gasteiger partial charge in [0.25, 0.3) is 0 Å². The lowest BCUT2D eigenvalue weighted by molar-refractivity contribution is -0.145. The first-order valence-corrected chi connectivity index (χ1v) is 9.41. The number of nitrogens with zero attached hydrogens (tertiary/aromatic N) is 1. The first kappa shape index (κ1) is 18.6. The Morgan fingerprint density at radius 2 is 2.00 bits per heavy atom. The summed E-state index contributed by atoms with van der Waals surface area (Å²) >= 11 is 0. The third-order valence-electron chi connectivity index (χ3n) is 4.46. The topological polar surface area (TPSA) is 38.8 Å². The van der Waals surface area contributed by atoms with Gasteiger partial charge in [0.1, 0.15) is 5.75 Å². The van der Waals surface area contributed by atoms with Gasteiger partial charge in [0.15, 0.2) is 6.61 Å². The zero-order chi connectivity index (χ0) is 17.2. The van der Waals surface area contributed by atoms with E-state index in [4.69, 9.17) is 9.47 Å². The Labute approximate surface area is 146 Å². The van der Waals surface area contributed by atoms with Crippen molar-refractivity contribution in [2.75, 3.05) is 31.2 Å². The molecular formula is C20H31NO3. The standard InChI is InChI=1S/C20H31NO3/c1-3-5-6-7-8-13-21-14-9-10-17-15-18(11-12-19(17)21)24-16-20(22)23-4-2/h11-12,15H,3-10,13-14,16H2,1-2H3. The van der Waals surface area contributed by atoms with Crippen LogP contribution in [0.5, 0.6) is 5.75 Å². The van der Waals surface area contributed by atoms with Gasteiger partial charge in [-0.2, -0.15) is 0 Å². The zero-order valence-electron chi connectivity index (χ0n) is 15.2. The summed E-state index contributed by atoms with van der Waals surface area (Å²) in [6.07, 6.45) is 8.83. The number of carbonyl (C=O) groups is 1. The maximum Gasteiger partial charge on any atom is 0.344 e. The average molecular weight is 333 g/mol. The molecular weight excluding hydrogens is 302 g/mol. The van der Waals surface area contributed by atoms with Gasteiger partial charge in [-0.15, -0.1) is 0 Å². The number of esters is 1. The summed E-state index contributed by atoms with van der Waals surface area (Å²) in [6.45, 7) is 6.70. The Bertz CT molecular complexity index is 516. The summed E-state index contributed by atoms with van der Waals surface area (Å²) in [5, 5.41) is 0. The Morgan fingerprint density at radius 1 is 1.17 bits per heavy atom. The molecule has 4 nitrogen and oxygen atoms in total. The monoisotopic (exact) mass is 333 g/mol. The molecule has 1 aliphatic heterocycles. The van der Waals surface area contributed by atoms with Crippen LogP contribution >= 0.6 is 0 Å². The van der Waals surface area contributed by atoms with Crippen molar-refractivity contribution in [3.05, 3.63) is 23.8 Å². The summed E-state index contributed by atoms with van der Waals surface area (Å²) in [5.41, 5.74) is 2.66. The molecule has 0 amide bonds. The van der Waals surface area contributed by atoms with Crippen molar-refractivity contribution in [3.8, 4) is 5.75 Å². The number of fused-ring (bicyclic) bond motifs is 1. The quantitative estimate of drug-likeness (QED) is 0.471. The van der Waals surface area contributed by atoms with E-state index in [1.165, 1.54) is 49.8 Å². The van der Waals surface area contributed by atoms with Gasteiger partial charge < -0.3 is 14.4 Å². The fourth-order valence-electron chi connectivity index (χ4n) is 3.22. The lowest BCUT2D eigenvalue weighted by atomic mass is 10.0. The Balaban J connectivity index is 1.87. The number of benzene rings is 1. The fourth-order valence-corrected chi connectivity index (χ4v) is 3.22. The molecule has 0 radical (unpaired) electrons. The summed E-state index contributed by atoms with van der Waals surface area (Å²) in [5.74, 6) is 0.440. The van der Waals surface area contributed by atoms with Gasteiger partial charge >= 0.3 is 5.97 Å². The van der Waals surface area contributed by atoms with Crippen molar-refractivity contribution in [1.82, 2.24) is 0 Å². The average Bonchev–Trinajstić information content (AvgIpc) is 2.60. The minimum absolute atomic E-state index is 0.0201. The number of rotatable bonds is 10. The predicted octanol–water partition coefficient (Wildman–Crippen LogP) is 4.35. The van der Waals surface area contributed by atoms with Crippen LogP contribution in [0.15, 0.2) is 18.2 Å². The number of hydrogen-bond acceptors (Lipinski definition) is 4. The molecule has 0 aliphatic carbocycles. The van der Waals surface area contributed by atoms with E-state index in [0.717, 1.165) is 25.3 Å². The normalized spacial score (nSPS) is 13.5. The fraction of sp³-hybridized carbons (Fsp3) is 0.650. The molecule has 0 saturated heterocycles. The van der Waals surface area contributed by atoms with Gasteiger partial charge in [0.05, 0.1) is 6.61 Å². The van der Waals surface area contributed by atoms with Crippen molar-refractivity contribution >= 4 is 11.7 Å². The highest BCUT2D eigenvalue weighted by molar-refractivity contribution is 5.71. The van der Waals surface area contributed by atoms with Crippen LogP contribution in [0.2, 0.25) is 0 Å². The number of anilines is 1. The molecule has 0 atom stereocenters.